The molecule has 0 bridgehead atoms. The predicted octanol–water partition coefficient (Wildman–Crippen LogP) is 3.80. The largest absolute Gasteiger partial charge is 0.373 e. The minimum Gasteiger partial charge on any atom is -0.373 e. The van der Waals surface area contributed by atoms with Crippen molar-refractivity contribution < 1.29 is 4.74 Å². The molecule has 0 saturated heterocycles. The average Bonchev–Trinajstić information content (AvgIpc) is 2.88. The van der Waals surface area contributed by atoms with Gasteiger partial charge >= 0.3 is 0 Å². The van der Waals surface area contributed by atoms with E-state index >= 15 is 0 Å². The molecule has 0 spiro atoms. The van der Waals surface area contributed by atoms with Gasteiger partial charge in [0.15, 0.2) is 0 Å². The summed E-state index contributed by atoms with van der Waals surface area (Å²) in [5, 5.41) is 0. The molecular formula is C17H18N2O. The van der Waals surface area contributed by atoms with E-state index in [1.54, 1.807) is 0 Å². The molecule has 1 aliphatic heterocycles. The van der Waals surface area contributed by atoms with Crippen LogP contribution in [-0.4, -0.2) is 23.4 Å². The molecule has 0 aliphatic carbocycles. The minimum atomic E-state index is 0.244. The number of rotatable bonds is 4. The van der Waals surface area contributed by atoms with Crippen LogP contribution in [0.15, 0.2) is 47.7 Å². The maximum atomic E-state index is 5.63. The van der Waals surface area contributed by atoms with Crippen molar-refractivity contribution in [3.05, 3.63) is 48.3 Å². The molecule has 1 aromatic carbocycles. The van der Waals surface area contributed by atoms with E-state index in [0.717, 1.165) is 17.8 Å². The van der Waals surface area contributed by atoms with Gasteiger partial charge in [-0.15, -0.1) is 0 Å². The van der Waals surface area contributed by atoms with Gasteiger partial charge in [0.2, 0.25) is 0 Å². The average molecular weight is 266 g/mol. The van der Waals surface area contributed by atoms with E-state index in [0.29, 0.717) is 6.61 Å². The first kappa shape index (κ1) is 13.0. The van der Waals surface area contributed by atoms with Crippen LogP contribution in [0.2, 0.25) is 0 Å². The third-order valence-electron chi connectivity index (χ3n) is 3.35. The number of benzene rings is 1. The summed E-state index contributed by atoms with van der Waals surface area (Å²) >= 11 is 0. The molecule has 3 heteroatoms. The monoisotopic (exact) mass is 266 g/mol. The number of nitrogens with zero attached hydrogens (tertiary/aromatic N) is 2. The van der Waals surface area contributed by atoms with Crippen LogP contribution in [-0.2, 0) is 11.2 Å². The van der Waals surface area contributed by atoms with E-state index in [4.69, 9.17) is 4.74 Å². The van der Waals surface area contributed by atoms with Crippen molar-refractivity contribution in [2.75, 3.05) is 6.61 Å². The van der Waals surface area contributed by atoms with Gasteiger partial charge in [0, 0.05) is 24.5 Å². The predicted molar refractivity (Wildman–Crippen MR) is 81.6 cm³/mol. The zero-order valence-corrected chi connectivity index (χ0v) is 11.8. The van der Waals surface area contributed by atoms with Crippen LogP contribution in [0.5, 0.6) is 0 Å². The van der Waals surface area contributed by atoms with Crippen LogP contribution < -0.4 is 0 Å². The van der Waals surface area contributed by atoms with Gasteiger partial charge in [-0.2, -0.15) is 0 Å². The van der Waals surface area contributed by atoms with Crippen molar-refractivity contribution in [1.82, 2.24) is 4.98 Å². The number of aliphatic imine (C=N–C) groups is 1. The molecule has 3 nitrogen and oxygen atoms in total. The second-order valence-corrected chi connectivity index (χ2v) is 5.29. The van der Waals surface area contributed by atoms with Gasteiger partial charge in [-0.3, -0.25) is 9.98 Å². The normalized spacial score (nSPS) is 13.4. The van der Waals surface area contributed by atoms with Crippen LogP contribution in [0, 0.1) is 0 Å². The van der Waals surface area contributed by atoms with Crippen molar-refractivity contribution in [1.29, 1.82) is 0 Å². The lowest BCUT2D eigenvalue weighted by molar-refractivity contribution is 0.110. The molecule has 0 atom stereocenters. The van der Waals surface area contributed by atoms with Crippen LogP contribution >= 0.6 is 0 Å². The molecule has 102 valence electrons. The summed E-state index contributed by atoms with van der Waals surface area (Å²) in [7, 11) is 0. The quantitative estimate of drug-likeness (QED) is 0.843. The standard InChI is InChI=1S/C17H18N2O/c1-12(2)20-11-16-10-15-9-14(3-4-17(15)19-16)13-5-7-18-8-6-13/h3-9,12H,10-11H2,1-2H3. The highest BCUT2D eigenvalue weighted by molar-refractivity contribution is 5.95. The lowest BCUT2D eigenvalue weighted by Gasteiger charge is -2.06. The zero-order chi connectivity index (χ0) is 13.9. The summed E-state index contributed by atoms with van der Waals surface area (Å²) in [6, 6.07) is 10.5. The fourth-order valence-corrected chi connectivity index (χ4v) is 2.34. The highest BCUT2D eigenvalue weighted by Gasteiger charge is 2.15. The molecule has 1 aliphatic rings. The van der Waals surface area contributed by atoms with E-state index in [2.05, 4.69) is 28.2 Å². The van der Waals surface area contributed by atoms with Gasteiger partial charge in [-0.25, -0.2) is 0 Å². The van der Waals surface area contributed by atoms with Crippen molar-refractivity contribution in [2.45, 2.75) is 26.4 Å². The van der Waals surface area contributed by atoms with Crippen LogP contribution in [0.3, 0.4) is 0 Å². The van der Waals surface area contributed by atoms with Crippen molar-refractivity contribution in [3.63, 3.8) is 0 Å². The van der Waals surface area contributed by atoms with Crippen LogP contribution in [0.1, 0.15) is 19.4 Å². The Bertz CT molecular complexity index is 633. The number of aromatic nitrogens is 1. The molecule has 1 aromatic heterocycles. The number of fused-ring (bicyclic) bond motifs is 1. The second kappa shape index (κ2) is 5.55. The molecule has 0 fully saturated rings. The Kier molecular flexibility index (Phi) is 3.61. The maximum Gasteiger partial charge on any atom is 0.0855 e. The smallest absolute Gasteiger partial charge is 0.0855 e. The van der Waals surface area contributed by atoms with Crippen molar-refractivity contribution in [2.24, 2.45) is 4.99 Å². The lowest BCUT2D eigenvalue weighted by Crippen LogP contribution is -2.13. The molecule has 20 heavy (non-hydrogen) atoms. The Balaban J connectivity index is 1.78. The first-order chi connectivity index (χ1) is 9.72. The van der Waals surface area contributed by atoms with Crippen LogP contribution in [0.4, 0.5) is 5.69 Å². The van der Waals surface area contributed by atoms with Crippen LogP contribution in [0.25, 0.3) is 11.1 Å². The topological polar surface area (TPSA) is 34.5 Å². The third kappa shape index (κ3) is 2.78. The van der Waals surface area contributed by atoms with E-state index in [1.807, 2.05) is 38.4 Å². The van der Waals surface area contributed by atoms with Crippen molar-refractivity contribution >= 4 is 11.4 Å². The van der Waals surface area contributed by atoms with Gasteiger partial charge in [-0.1, -0.05) is 6.07 Å². The van der Waals surface area contributed by atoms with Gasteiger partial charge < -0.3 is 4.74 Å². The summed E-state index contributed by atoms with van der Waals surface area (Å²) in [6.45, 7) is 4.71. The van der Waals surface area contributed by atoms with Gasteiger partial charge in [0.1, 0.15) is 0 Å². The minimum absolute atomic E-state index is 0.244. The molecule has 3 rings (SSSR count). The fraction of sp³-hybridized carbons (Fsp3) is 0.294. The third-order valence-corrected chi connectivity index (χ3v) is 3.35. The Morgan fingerprint density at radius 2 is 1.90 bits per heavy atom. The highest BCUT2D eigenvalue weighted by Crippen LogP contribution is 2.31. The molecule has 2 heterocycles. The molecule has 0 amide bonds. The Labute approximate surface area is 119 Å². The summed E-state index contributed by atoms with van der Waals surface area (Å²) in [5.74, 6) is 0. The SMILES string of the molecule is CC(C)OCC1=Nc2ccc(-c3ccncc3)cc2C1. The van der Waals surface area contributed by atoms with E-state index in [9.17, 15) is 0 Å². The molecule has 0 unspecified atom stereocenters. The Morgan fingerprint density at radius 1 is 1.10 bits per heavy atom. The van der Waals surface area contributed by atoms with Gasteiger partial charge in [-0.05, 0) is 54.8 Å². The highest BCUT2D eigenvalue weighted by atomic mass is 16.5. The maximum absolute atomic E-state index is 5.63. The molecular weight excluding hydrogens is 248 g/mol. The summed E-state index contributed by atoms with van der Waals surface area (Å²) in [4.78, 5) is 8.69. The van der Waals surface area contributed by atoms with E-state index in [1.165, 1.54) is 16.7 Å². The second-order valence-electron chi connectivity index (χ2n) is 5.29. The summed E-state index contributed by atoms with van der Waals surface area (Å²) < 4.78 is 5.63. The van der Waals surface area contributed by atoms with Gasteiger partial charge in [0.05, 0.1) is 18.4 Å². The Morgan fingerprint density at radius 3 is 2.65 bits per heavy atom. The zero-order valence-electron chi connectivity index (χ0n) is 11.8. The summed E-state index contributed by atoms with van der Waals surface area (Å²) in [5.41, 5.74) is 5.87. The first-order valence-corrected chi connectivity index (χ1v) is 6.94. The van der Waals surface area contributed by atoms with E-state index < -0.39 is 0 Å². The van der Waals surface area contributed by atoms with Crippen molar-refractivity contribution in [3.8, 4) is 11.1 Å². The molecule has 0 radical (unpaired) electrons. The molecule has 2 aromatic rings. The summed E-state index contributed by atoms with van der Waals surface area (Å²) in [6.07, 6.45) is 4.77. The molecule has 0 saturated carbocycles. The lowest BCUT2D eigenvalue weighted by atomic mass is 10.0. The first-order valence-electron chi connectivity index (χ1n) is 6.94. The number of hydrogen-bond acceptors (Lipinski definition) is 3. The molecule has 0 N–H and O–H groups in total. The number of ether oxygens (including phenoxy) is 1. The van der Waals surface area contributed by atoms with E-state index in [-0.39, 0.29) is 6.10 Å². The Hall–Kier alpha value is -2.00. The number of pyridine rings is 1. The fourth-order valence-electron chi connectivity index (χ4n) is 2.34. The number of hydrogen-bond donors (Lipinski definition) is 0. The van der Waals surface area contributed by atoms with Gasteiger partial charge in [0.25, 0.3) is 0 Å².